The fourth-order valence-electron chi connectivity index (χ4n) is 3.60. The molecule has 1 aliphatic rings. The van der Waals surface area contributed by atoms with E-state index >= 15 is 0 Å². The summed E-state index contributed by atoms with van der Waals surface area (Å²) in [6.07, 6.45) is 2.83. The van der Waals surface area contributed by atoms with Crippen LogP contribution in [0, 0.1) is 5.82 Å². The highest BCUT2D eigenvalue weighted by molar-refractivity contribution is 7.89. The number of fused-ring (bicyclic) bond motifs is 1. The summed E-state index contributed by atoms with van der Waals surface area (Å²) in [6.45, 7) is 0.621. The number of sulfonamides is 1. The lowest BCUT2D eigenvalue weighted by atomic mass is 10.1. The van der Waals surface area contributed by atoms with Gasteiger partial charge < -0.3 is 9.67 Å². The molecule has 2 heterocycles. The minimum Gasteiger partial charge on any atom is -0.478 e. The molecule has 1 fully saturated rings. The van der Waals surface area contributed by atoms with E-state index in [4.69, 9.17) is 5.11 Å². The van der Waals surface area contributed by atoms with Gasteiger partial charge in [0.25, 0.3) is 0 Å². The summed E-state index contributed by atoms with van der Waals surface area (Å²) in [4.78, 5) is 15.3. The molecular formula is C19H18FN3O4S. The van der Waals surface area contributed by atoms with Gasteiger partial charge in [-0.15, -0.1) is 0 Å². The Morgan fingerprint density at radius 2 is 1.89 bits per heavy atom. The molecule has 0 saturated carbocycles. The summed E-state index contributed by atoms with van der Waals surface area (Å²) in [6, 6.07) is 9.88. The van der Waals surface area contributed by atoms with Crippen molar-refractivity contribution in [2.75, 3.05) is 13.1 Å². The van der Waals surface area contributed by atoms with Gasteiger partial charge in [0.05, 0.1) is 27.8 Å². The van der Waals surface area contributed by atoms with Crippen LogP contribution in [0.4, 0.5) is 4.39 Å². The molecule has 7 nitrogen and oxygen atoms in total. The molecule has 0 radical (unpaired) electrons. The van der Waals surface area contributed by atoms with E-state index in [-0.39, 0.29) is 22.3 Å². The monoisotopic (exact) mass is 403 g/mol. The quantitative estimate of drug-likeness (QED) is 0.723. The van der Waals surface area contributed by atoms with Crippen molar-refractivity contribution >= 4 is 27.0 Å². The third-order valence-corrected chi connectivity index (χ3v) is 6.97. The topological polar surface area (TPSA) is 92.5 Å². The van der Waals surface area contributed by atoms with Crippen LogP contribution in [0.5, 0.6) is 0 Å². The maximum Gasteiger partial charge on any atom is 0.335 e. The third kappa shape index (κ3) is 3.27. The summed E-state index contributed by atoms with van der Waals surface area (Å²) in [5.74, 6) is -1.51. The molecule has 146 valence electrons. The smallest absolute Gasteiger partial charge is 0.335 e. The number of carbonyl (C=O) groups is 1. The zero-order valence-electron chi connectivity index (χ0n) is 14.8. The molecule has 9 heteroatoms. The second-order valence-corrected chi connectivity index (χ2v) is 8.69. The number of benzene rings is 2. The number of carboxylic acid groups (broad SMARTS) is 1. The summed E-state index contributed by atoms with van der Waals surface area (Å²) in [5.41, 5.74) is 1.32. The molecule has 0 atom stereocenters. The van der Waals surface area contributed by atoms with Gasteiger partial charge in [-0.2, -0.15) is 4.31 Å². The van der Waals surface area contributed by atoms with Crippen LogP contribution in [0.2, 0.25) is 0 Å². The molecule has 0 aliphatic carbocycles. The molecule has 0 spiro atoms. The predicted octanol–water partition coefficient (Wildman–Crippen LogP) is 2.90. The highest BCUT2D eigenvalue weighted by atomic mass is 32.2. The van der Waals surface area contributed by atoms with Gasteiger partial charge in [-0.3, -0.25) is 0 Å². The number of piperidine rings is 1. The van der Waals surface area contributed by atoms with Crippen molar-refractivity contribution in [3.63, 3.8) is 0 Å². The first kappa shape index (κ1) is 18.6. The fraction of sp³-hybridized carbons (Fsp3) is 0.263. The van der Waals surface area contributed by atoms with E-state index in [1.165, 1.54) is 40.7 Å². The van der Waals surface area contributed by atoms with Gasteiger partial charge in [-0.25, -0.2) is 22.6 Å². The predicted molar refractivity (Wildman–Crippen MR) is 100 cm³/mol. The van der Waals surface area contributed by atoms with Crippen LogP contribution >= 0.6 is 0 Å². The molecule has 1 aromatic heterocycles. The third-order valence-electron chi connectivity index (χ3n) is 5.07. The average molecular weight is 403 g/mol. The molecule has 1 N–H and O–H groups in total. The van der Waals surface area contributed by atoms with E-state index in [0.29, 0.717) is 31.4 Å². The number of hydrogen-bond acceptors (Lipinski definition) is 4. The lowest BCUT2D eigenvalue weighted by Crippen LogP contribution is -2.39. The minimum atomic E-state index is -3.76. The van der Waals surface area contributed by atoms with Crippen LogP contribution in [-0.4, -0.2) is 46.4 Å². The fourth-order valence-corrected chi connectivity index (χ4v) is 5.11. The van der Waals surface area contributed by atoms with Gasteiger partial charge in [-0.1, -0.05) is 6.07 Å². The van der Waals surface area contributed by atoms with Crippen LogP contribution in [0.25, 0.3) is 11.0 Å². The molecule has 2 aromatic carbocycles. The summed E-state index contributed by atoms with van der Waals surface area (Å²) < 4.78 is 42.4. The Kier molecular flexibility index (Phi) is 4.64. The molecule has 1 saturated heterocycles. The summed E-state index contributed by atoms with van der Waals surface area (Å²) >= 11 is 0. The van der Waals surface area contributed by atoms with E-state index in [0.717, 1.165) is 5.52 Å². The van der Waals surface area contributed by atoms with Crippen molar-refractivity contribution < 1.29 is 22.7 Å². The molecule has 1 aliphatic heterocycles. The number of imidazole rings is 1. The van der Waals surface area contributed by atoms with Gasteiger partial charge in [0.1, 0.15) is 5.82 Å². The number of halogens is 1. The molecule has 28 heavy (non-hydrogen) atoms. The maximum absolute atomic E-state index is 13.4. The van der Waals surface area contributed by atoms with Crippen LogP contribution in [0.3, 0.4) is 0 Å². The zero-order chi connectivity index (χ0) is 19.9. The Labute approximate surface area is 161 Å². The first-order valence-electron chi connectivity index (χ1n) is 8.82. The van der Waals surface area contributed by atoms with Crippen molar-refractivity contribution in [1.82, 2.24) is 13.9 Å². The van der Waals surface area contributed by atoms with Crippen LogP contribution in [0.15, 0.2) is 53.7 Å². The van der Waals surface area contributed by atoms with Gasteiger partial charge in [0.2, 0.25) is 10.0 Å². The average Bonchev–Trinajstić information content (AvgIpc) is 3.11. The Balaban J connectivity index is 1.53. The first-order chi connectivity index (χ1) is 13.4. The molecule has 4 rings (SSSR count). The van der Waals surface area contributed by atoms with Gasteiger partial charge in [0, 0.05) is 25.2 Å². The number of aromatic carboxylic acids is 1. The van der Waals surface area contributed by atoms with E-state index in [2.05, 4.69) is 4.98 Å². The molecule has 0 amide bonds. The Morgan fingerprint density at radius 3 is 2.61 bits per heavy atom. The van der Waals surface area contributed by atoms with Crippen LogP contribution in [-0.2, 0) is 10.0 Å². The highest BCUT2D eigenvalue weighted by Crippen LogP contribution is 2.29. The number of aromatic nitrogens is 2. The number of nitrogens with zero attached hydrogens (tertiary/aromatic N) is 3. The van der Waals surface area contributed by atoms with Crippen molar-refractivity contribution in [2.45, 2.75) is 23.8 Å². The zero-order valence-corrected chi connectivity index (χ0v) is 15.6. The highest BCUT2D eigenvalue weighted by Gasteiger charge is 2.30. The van der Waals surface area contributed by atoms with Gasteiger partial charge in [-0.05, 0) is 43.2 Å². The lowest BCUT2D eigenvalue weighted by molar-refractivity contribution is 0.0696. The van der Waals surface area contributed by atoms with E-state index in [1.807, 2.05) is 4.57 Å². The van der Waals surface area contributed by atoms with E-state index in [9.17, 15) is 17.6 Å². The van der Waals surface area contributed by atoms with Crippen molar-refractivity contribution in [1.29, 1.82) is 0 Å². The Hall–Kier alpha value is -2.78. The van der Waals surface area contributed by atoms with E-state index < -0.39 is 16.0 Å². The summed E-state index contributed by atoms with van der Waals surface area (Å²) in [7, 11) is -3.76. The van der Waals surface area contributed by atoms with Gasteiger partial charge >= 0.3 is 5.97 Å². The molecule has 0 bridgehead atoms. The lowest BCUT2D eigenvalue weighted by Gasteiger charge is -2.32. The number of carboxylic acids is 1. The van der Waals surface area contributed by atoms with Crippen LogP contribution in [0.1, 0.15) is 29.2 Å². The number of rotatable bonds is 4. The van der Waals surface area contributed by atoms with Crippen molar-refractivity contribution in [2.24, 2.45) is 0 Å². The SMILES string of the molecule is O=C(O)c1cccc(S(=O)(=O)N2CCC(n3cnc4cc(F)ccc43)CC2)c1. The first-order valence-corrected chi connectivity index (χ1v) is 10.3. The van der Waals surface area contributed by atoms with Crippen molar-refractivity contribution in [3.8, 4) is 0 Å². The standard InChI is InChI=1S/C19H18FN3O4S/c20-14-4-5-18-17(11-14)21-12-23(18)15-6-8-22(9-7-15)28(26,27)16-3-1-2-13(10-16)19(24)25/h1-5,10-12,15H,6-9H2,(H,24,25). The summed E-state index contributed by atoms with van der Waals surface area (Å²) in [5, 5.41) is 9.09. The molecule has 0 unspecified atom stereocenters. The largest absolute Gasteiger partial charge is 0.478 e. The molecule has 3 aromatic rings. The number of hydrogen-bond donors (Lipinski definition) is 1. The van der Waals surface area contributed by atoms with Crippen LogP contribution < -0.4 is 0 Å². The Bertz CT molecular complexity index is 1150. The second kappa shape index (κ2) is 6.99. The second-order valence-electron chi connectivity index (χ2n) is 6.75. The van der Waals surface area contributed by atoms with Crippen molar-refractivity contribution in [3.05, 3.63) is 60.2 Å². The minimum absolute atomic E-state index is 0.0191. The van der Waals surface area contributed by atoms with Gasteiger partial charge in [0.15, 0.2) is 0 Å². The maximum atomic E-state index is 13.4. The van der Waals surface area contributed by atoms with E-state index in [1.54, 1.807) is 12.4 Å². The normalized spacial score (nSPS) is 16.5. The Morgan fingerprint density at radius 1 is 1.14 bits per heavy atom. The molecular weight excluding hydrogens is 385 g/mol.